The number of carbonyl (C=O) groups excluding carboxylic acids is 1. The van der Waals surface area contributed by atoms with Crippen molar-refractivity contribution < 1.29 is 17.9 Å². The van der Waals surface area contributed by atoms with Crippen LogP contribution >= 0.6 is 24.0 Å². The second kappa shape index (κ2) is 12.5. The molecule has 0 bridgehead atoms. The Labute approximate surface area is 206 Å². The van der Waals surface area contributed by atoms with E-state index in [9.17, 15) is 13.2 Å². The molecule has 1 heterocycles. The SMILES string of the molecule is CCN(CC1CCN(C(=NC)NCCS(=O)(=O)C(C)(C)C)CC1)C(=O)OC(C)(C)C.I. The van der Waals surface area contributed by atoms with Crippen molar-refractivity contribution in [2.24, 2.45) is 10.9 Å². The molecule has 0 unspecified atom stereocenters. The minimum Gasteiger partial charge on any atom is -0.444 e. The predicted molar refractivity (Wildman–Crippen MR) is 138 cm³/mol. The predicted octanol–water partition coefficient (Wildman–Crippen LogP) is 3.36. The summed E-state index contributed by atoms with van der Waals surface area (Å²) in [6.45, 7) is 16.1. The van der Waals surface area contributed by atoms with Crippen molar-refractivity contribution in [3.63, 3.8) is 0 Å². The van der Waals surface area contributed by atoms with Crippen LogP contribution in [-0.4, -0.2) is 86.1 Å². The largest absolute Gasteiger partial charge is 0.444 e. The fourth-order valence-corrected chi connectivity index (χ4v) is 4.22. The van der Waals surface area contributed by atoms with Gasteiger partial charge in [0.1, 0.15) is 5.60 Å². The number of carbonyl (C=O) groups is 1. The molecule has 1 aliphatic rings. The number of halogens is 1. The summed E-state index contributed by atoms with van der Waals surface area (Å²) >= 11 is 0. The molecule has 0 aromatic carbocycles. The second-order valence-corrected chi connectivity index (χ2v) is 12.7. The molecule has 1 aliphatic heterocycles. The number of piperidine rings is 1. The topological polar surface area (TPSA) is 91.3 Å². The Morgan fingerprint density at radius 2 is 1.71 bits per heavy atom. The molecule has 8 nitrogen and oxygen atoms in total. The van der Waals surface area contributed by atoms with Crippen LogP contribution in [0.5, 0.6) is 0 Å². The van der Waals surface area contributed by atoms with Crippen LogP contribution in [0.3, 0.4) is 0 Å². The number of amides is 1. The standard InChI is InChI=1S/C21H42N4O4S.HI/c1-9-24(19(26)29-20(2,3)4)16-17-10-13-25(14-11-17)18(22-8)23-12-15-30(27,28)21(5,6)7;/h17H,9-16H2,1-8H3,(H,22,23);1H. The quantitative estimate of drug-likeness (QED) is 0.297. The lowest BCUT2D eigenvalue weighted by Gasteiger charge is -2.36. The van der Waals surface area contributed by atoms with Gasteiger partial charge in [-0.3, -0.25) is 4.99 Å². The van der Waals surface area contributed by atoms with Gasteiger partial charge >= 0.3 is 6.09 Å². The van der Waals surface area contributed by atoms with Crippen molar-refractivity contribution in [1.82, 2.24) is 15.1 Å². The lowest BCUT2D eigenvalue weighted by Crippen LogP contribution is -2.49. The maximum Gasteiger partial charge on any atom is 0.410 e. The molecule has 1 rings (SSSR count). The molecule has 184 valence electrons. The molecule has 0 atom stereocenters. The average molecular weight is 575 g/mol. The lowest BCUT2D eigenvalue weighted by molar-refractivity contribution is 0.0214. The third-order valence-corrected chi connectivity index (χ3v) is 7.83. The van der Waals surface area contributed by atoms with Crippen molar-refractivity contribution in [2.45, 2.75) is 71.7 Å². The normalized spacial score (nSPS) is 16.5. The van der Waals surface area contributed by atoms with E-state index in [1.165, 1.54) is 0 Å². The average Bonchev–Trinajstić information content (AvgIpc) is 2.61. The molecule has 10 heteroatoms. The minimum absolute atomic E-state index is 0. The monoisotopic (exact) mass is 574 g/mol. The number of aliphatic imine (C=N–C) groups is 1. The molecule has 0 spiro atoms. The maximum absolute atomic E-state index is 12.4. The molecule has 0 saturated carbocycles. The highest BCUT2D eigenvalue weighted by atomic mass is 127. The van der Waals surface area contributed by atoms with Crippen molar-refractivity contribution in [3.05, 3.63) is 0 Å². The highest BCUT2D eigenvalue weighted by Gasteiger charge is 2.29. The van der Waals surface area contributed by atoms with Gasteiger partial charge in [0.25, 0.3) is 0 Å². The van der Waals surface area contributed by atoms with E-state index in [1.54, 1.807) is 32.7 Å². The van der Waals surface area contributed by atoms with E-state index in [-0.39, 0.29) is 35.8 Å². The van der Waals surface area contributed by atoms with E-state index in [1.807, 2.05) is 27.7 Å². The number of nitrogens with one attached hydrogen (secondary N) is 1. The molecule has 1 amide bonds. The van der Waals surface area contributed by atoms with Crippen LogP contribution in [0.1, 0.15) is 61.3 Å². The first-order valence-electron chi connectivity index (χ1n) is 10.9. The van der Waals surface area contributed by atoms with E-state index in [4.69, 9.17) is 4.74 Å². The molecule has 1 N–H and O–H groups in total. The van der Waals surface area contributed by atoms with Gasteiger partial charge in [-0.1, -0.05) is 0 Å². The summed E-state index contributed by atoms with van der Waals surface area (Å²) in [7, 11) is -1.45. The molecule has 1 fully saturated rings. The number of guanidine groups is 1. The number of sulfone groups is 1. The summed E-state index contributed by atoms with van der Waals surface area (Å²) in [6, 6.07) is 0. The summed E-state index contributed by atoms with van der Waals surface area (Å²) < 4.78 is 29.3. The Bertz CT molecular complexity index is 691. The Morgan fingerprint density at radius 1 is 1.16 bits per heavy atom. The van der Waals surface area contributed by atoms with E-state index >= 15 is 0 Å². The summed E-state index contributed by atoms with van der Waals surface area (Å²) in [5.41, 5.74) is -0.494. The van der Waals surface area contributed by atoms with Crippen LogP contribution in [-0.2, 0) is 14.6 Å². The van der Waals surface area contributed by atoms with E-state index in [0.717, 1.165) is 31.9 Å². The van der Waals surface area contributed by atoms with Gasteiger partial charge in [-0.05, 0) is 67.2 Å². The third-order valence-electron chi connectivity index (χ3n) is 5.22. The van der Waals surface area contributed by atoms with Crippen LogP contribution in [0.15, 0.2) is 4.99 Å². The van der Waals surface area contributed by atoms with Crippen LogP contribution in [0.25, 0.3) is 0 Å². The smallest absolute Gasteiger partial charge is 0.410 e. The minimum atomic E-state index is -3.16. The Morgan fingerprint density at radius 3 is 2.13 bits per heavy atom. The summed E-state index contributed by atoms with van der Waals surface area (Å²) in [5.74, 6) is 1.22. The molecular formula is C21H43IN4O4S. The zero-order valence-corrected chi connectivity index (χ0v) is 23.7. The van der Waals surface area contributed by atoms with Gasteiger partial charge in [0, 0.05) is 39.8 Å². The molecule has 0 aromatic heterocycles. The molecular weight excluding hydrogens is 531 g/mol. The van der Waals surface area contributed by atoms with Gasteiger partial charge in [-0.15, -0.1) is 24.0 Å². The number of ether oxygens (including phenoxy) is 1. The highest BCUT2D eigenvalue weighted by molar-refractivity contribution is 14.0. The van der Waals surface area contributed by atoms with Crippen molar-refractivity contribution in [1.29, 1.82) is 0 Å². The van der Waals surface area contributed by atoms with E-state index in [2.05, 4.69) is 15.2 Å². The van der Waals surface area contributed by atoms with Gasteiger partial charge < -0.3 is 19.9 Å². The molecule has 31 heavy (non-hydrogen) atoms. The Hall–Kier alpha value is -0.780. The number of rotatable bonds is 6. The van der Waals surface area contributed by atoms with Crippen LogP contribution in [0, 0.1) is 5.92 Å². The van der Waals surface area contributed by atoms with E-state index < -0.39 is 20.2 Å². The van der Waals surface area contributed by atoms with Crippen molar-refractivity contribution in [3.8, 4) is 0 Å². The Balaban J connectivity index is 0.00000900. The zero-order chi connectivity index (χ0) is 23.2. The molecule has 0 aliphatic carbocycles. The van der Waals surface area contributed by atoms with Crippen LogP contribution in [0.4, 0.5) is 4.79 Å². The fraction of sp³-hybridized carbons (Fsp3) is 0.905. The van der Waals surface area contributed by atoms with Crippen molar-refractivity contribution in [2.75, 3.05) is 45.5 Å². The van der Waals surface area contributed by atoms with Crippen LogP contribution in [0.2, 0.25) is 0 Å². The second-order valence-electron chi connectivity index (χ2n) is 9.85. The lowest BCUT2D eigenvalue weighted by atomic mass is 9.96. The van der Waals surface area contributed by atoms with Gasteiger partial charge in [0.05, 0.1) is 10.5 Å². The number of likely N-dealkylation sites (tertiary alicyclic amines) is 1. The zero-order valence-electron chi connectivity index (χ0n) is 20.5. The van der Waals surface area contributed by atoms with Crippen molar-refractivity contribution >= 4 is 45.9 Å². The number of hydrogen-bond acceptors (Lipinski definition) is 5. The molecule has 0 aromatic rings. The molecule has 0 radical (unpaired) electrons. The maximum atomic E-state index is 12.4. The summed E-state index contributed by atoms with van der Waals surface area (Å²) in [4.78, 5) is 20.6. The van der Waals surface area contributed by atoms with Crippen LogP contribution < -0.4 is 5.32 Å². The first-order chi connectivity index (χ1) is 13.7. The highest BCUT2D eigenvalue weighted by Crippen LogP contribution is 2.20. The number of nitrogens with zero attached hydrogens (tertiary/aromatic N) is 3. The third kappa shape index (κ3) is 10.1. The van der Waals surface area contributed by atoms with Gasteiger partial charge in [0.15, 0.2) is 15.8 Å². The first kappa shape index (κ1) is 30.2. The first-order valence-corrected chi connectivity index (χ1v) is 12.5. The van der Waals surface area contributed by atoms with Gasteiger partial charge in [0.2, 0.25) is 0 Å². The number of hydrogen-bond donors (Lipinski definition) is 1. The fourth-order valence-electron chi connectivity index (χ4n) is 3.23. The summed E-state index contributed by atoms with van der Waals surface area (Å²) in [6.07, 6.45) is 1.63. The van der Waals surface area contributed by atoms with Gasteiger partial charge in [-0.2, -0.15) is 0 Å². The van der Waals surface area contributed by atoms with Gasteiger partial charge in [-0.25, -0.2) is 13.2 Å². The molecule has 1 saturated heterocycles. The Kier molecular flexibility index (Phi) is 12.1. The summed E-state index contributed by atoms with van der Waals surface area (Å²) in [5, 5.41) is 3.19. The van der Waals surface area contributed by atoms with E-state index in [0.29, 0.717) is 25.6 Å².